The minimum atomic E-state index is -0.123. The third kappa shape index (κ3) is 4.82. The molecule has 1 aliphatic heterocycles. The summed E-state index contributed by atoms with van der Waals surface area (Å²) in [6, 6.07) is 12.9. The fourth-order valence-electron chi connectivity index (χ4n) is 4.54. The number of allylic oxidation sites excluding steroid dienone is 1. The van der Waals surface area contributed by atoms with Crippen LogP contribution in [-0.4, -0.2) is 32.1 Å². The van der Waals surface area contributed by atoms with Gasteiger partial charge in [0.1, 0.15) is 0 Å². The van der Waals surface area contributed by atoms with Crippen molar-refractivity contribution in [3.05, 3.63) is 53.6 Å². The van der Waals surface area contributed by atoms with E-state index in [4.69, 9.17) is 9.47 Å². The third-order valence-corrected chi connectivity index (χ3v) is 7.95. The van der Waals surface area contributed by atoms with Gasteiger partial charge >= 0.3 is 215 Å². The number of ether oxygens (including phenoxy) is 2. The number of nitrogens with one attached hydrogen (secondary N) is 1. The molecule has 0 fully saturated rings. The second-order valence-electron chi connectivity index (χ2n) is 10.1. The van der Waals surface area contributed by atoms with Crippen LogP contribution in [0, 0.1) is 5.41 Å². The van der Waals surface area contributed by atoms with E-state index in [1.165, 1.54) is 17.0 Å². The first-order valence-corrected chi connectivity index (χ1v) is 16.5. The Hall–Kier alpha value is -0.880. The summed E-state index contributed by atoms with van der Waals surface area (Å²) in [6.07, 6.45) is 4.39. The molecule has 0 saturated carbocycles. The van der Waals surface area contributed by atoms with Crippen LogP contribution in [0.5, 0.6) is 11.5 Å². The van der Waals surface area contributed by atoms with E-state index in [1.807, 2.05) is 0 Å². The van der Waals surface area contributed by atoms with Gasteiger partial charge < -0.3 is 0 Å². The van der Waals surface area contributed by atoms with Gasteiger partial charge in [-0.3, -0.25) is 0 Å². The summed E-state index contributed by atoms with van der Waals surface area (Å²) in [5.41, 5.74) is 5.86. The molecule has 0 amide bonds. The molecular weight excluding hydrogens is 773 g/mol. The average Bonchev–Trinajstić information content (AvgIpc) is 2.93. The molecule has 32 heavy (non-hydrogen) atoms. The summed E-state index contributed by atoms with van der Waals surface area (Å²) in [5.74, 6) is 1.65. The molecule has 0 aromatic heterocycles. The van der Waals surface area contributed by atoms with Crippen molar-refractivity contribution in [2.75, 3.05) is 26.6 Å². The number of nitrogens with zero attached hydrogens (tertiary/aromatic N) is 1. The van der Waals surface area contributed by atoms with Gasteiger partial charge in [-0.15, -0.1) is 0 Å². The van der Waals surface area contributed by atoms with Crippen molar-refractivity contribution in [3.8, 4) is 11.5 Å². The van der Waals surface area contributed by atoms with Crippen LogP contribution < -0.4 is 14.8 Å². The van der Waals surface area contributed by atoms with E-state index in [-0.39, 0.29) is 10.8 Å². The topological polar surface area (TPSA) is 33.5 Å². The van der Waals surface area contributed by atoms with Crippen molar-refractivity contribution in [2.45, 2.75) is 40.6 Å². The molecule has 0 bridgehead atoms. The monoisotopic (exact) mass is 809 g/mol. The Bertz CT molecular complexity index is 1050. The number of hydrogen-bond donors (Lipinski definition) is 1. The summed E-state index contributed by atoms with van der Waals surface area (Å²) in [6.45, 7) is 11.6. The zero-order valence-corrected chi connectivity index (χ0v) is 31.8. The van der Waals surface area contributed by atoms with Gasteiger partial charge in [0.15, 0.2) is 0 Å². The first-order valence-electron chi connectivity index (χ1n) is 11.0. The van der Waals surface area contributed by atoms with Crippen molar-refractivity contribution in [3.63, 3.8) is 0 Å². The molecule has 1 unspecified atom stereocenters. The SMILES string of the molecule is COc1cc(N[C](C)([Hg])[Hg])cc(OC)c1/C=C/C1=[N+](C)c2ccccc2C1(C)C(C)(C)C. The van der Waals surface area contributed by atoms with Crippen LogP contribution in [-0.2, 0) is 57.7 Å². The fraction of sp³-hybridized carbons (Fsp3) is 0.423. The Labute approximate surface area is 225 Å². The van der Waals surface area contributed by atoms with E-state index in [2.05, 4.69) is 100 Å². The van der Waals surface area contributed by atoms with Gasteiger partial charge in [0.25, 0.3) is 0 Å². The molecule has 1 N–H and O–H groups in total. The molecule has 0 radical (unpaired) electrons. The molecule has 162 valence electrons. The molecule has 2 aromatic rings. The maximum atomic E-state index is 5.80. The van der Waals surface area contributed by atoms with Crippen molar-refractivity contribution in [1.29, 1.82) is 0 Å². The van der Waals surface area contributed by atoms with E-state index in [0.717, 1.165) is 22.7 Å². The molecule has 4 nitrogen and oxygen atoms in total. The first-order chi connectivity index (χ1) is 14.8. The molecule has 3 rings (SSSR count). The van der Waals surface area contributed by atoms with Crippen LogP contribution in [0.15, 0.2) is 42.5 Å². The van der Waals surface area contributed by atoms with Crippen molar-refractivity contribution < 1.29 is 66.3 Å². The normalized spacial score (nSPS) is 18.9. The van der Waals surface area contributed by atoms with Crippen LogP contribution in [0.25, 0.3) is 6.08 Å². The van der Waals surface area contributed by atoms with Crippen LogP contribution in [0.1, 0.15) is 45.7 Å². The first kappa shape index (κ1) is 25.7. The molecule has 0 aliphatic carbocycles. The van der Waals surface area contributed by atoms with E-state index >= 15 is 0 Å². The minimum absolute atomic E-state index is 0.0408. The zero-order valence-electron chi connectivity index (χ0n) is 20.8. The van der Waals surface area contributed by atoms with Crippen molar-refractivity contribution >= 4 is 23.2 Å². The van der Waals surface area contributed by atoms with Crippen LogP contribution in [0.2, 0.25) is 0 Å². The van der Waals surface area contributed by atoms with Crippen molar-refractivity contribution in [2.24, 2.45) is 5.41 Å². The Morgan fingerprint density at radius 3 is 2.03 bits per heavy atom. The summed E-state index contributed by atoms with van der Waals surface area (Å²) < 4.78 is 14.3. The molecule has 1 atom stereocenters. The molecule has 1 aliphatic rings. The fourth-order valence-corrected chi connectivity index (χ4v) is 6.13. The van der Waals surface area contributed by atoms with Gasteiger partial charge in [0, 0.05) is 0 Å². The predicted molar refractivity (Wildman–Crippen MR) is 125 cm³/mol. The van der Waals surface area contributed by atoms with E-state index in [1.54, 1.807) is 14.2 Å². The van der Waals surface area contributed by atoms with Crippen LogP contribution in [0.4, 0.5) is 11.4 Å². The van der Waals surface area contributed by atoms with E-state index in [0.29, 0.717) is 52.8 Å². The number of benzene rings is 2. The van der Waals surface area contributed by atoms with Gasteiger partial charge in [-0.25, -0.2) is 0 Å². The second kappa shape index (κ2) is 9.40. The summed E-state index contributed by atoms with van der Waals surface area (Å²) in [5, 5.41) is 3.68. The summed E-state index contributed by atoms with van der Waals surface area (Å²) in [4.78, 5) is 0. The van der Waals surface area contributed by atoms with E-state index in [9.17, 15) is 0 Å². The number of para-hydroxylation sites is 1. The van der Waals surface area contributed by atoms with Gasteiger partial charge in [0.2, 0.25) is 0 Å². The summed E-state index contributed by atoms with van der Waals surface area (Å²) >= 11 is 1.33. The Morgan fingerprint density at radius 2 is 1.53 bits per heavy atom. The number of rotatable bonds is 6. The van der Waals surface area contributed by atoms with Gasteiger partial charge in [-0.1, -0.05) is 12.1 Å². The molecular formula is C26H33Hg2N2O2+. The standard InChI is InChI=1S/C26H33N2O2.2Hg/c1-9-27-18-16-22(29-7)19(23(17-18)30-8)14-15-24-26(5,25(2,3)4)20-12-10-11-13-21(20)28(24)6;;/h10-17,27H,1-8H3;;/q+1;;. The number of fused-ring (bicyclic) bond motifs is 1. The Kier molecular flexibility index (Phi) is 7.56. The zero-order chi connectivity index (χ0) is 23.9. The molecule has 0 saturated heterocycles. The number of anilines is 1. The summed E-state index contributed by atoms with van der Waals surface area (Å²) in [7, 11) is 5.62. The quantitative estimate of drug-likeness (QED) is 0.304. The molecule has 0 spiro atoms. The Balaban J connectivity index is 2.13. The van der Waals surface area contributed by atoms with Gasteiger partial charge in [-0.05, 0) is 0 Å². The second-order valence-corrected chi connectivity index (χ2v) is 37.4. The number of methoxy groups -OCH3 is 2. The van der Waals surface area contributed by atoms with E-state index < -0.39 is 0 Å². The van der Waals surface area contributed by atoms with Gasteiger partial charge in [0.05, 0.1) is 0 Å². The number of hydrogen-bond acceptors (Lipinski definition) is 3. The van der Waals surface area contributed by atoms with Crippen molar-refractivity contribution in [1.82, 2.24) is 0 Å². The predicted octanol–water partition coefficient (Wildman–Crippen LogP) is 5.63. The van der Waals surface area contributed by atoms with Gasteiger partial charge in [-0.2, -0.15) is 0 Å². The molecule has 1 heterocycles. The van der Waals surface area contributed by atoms with Crippen LogP contribution >= 0.6 is 0 Å². The molecule has 2 aromatic carbocycles. The Morgan fingerprint density at radius 1 is 0.969 bits per heavy atom. The average molecular weight is 807 g/mol. The van der Waals surface area contributed by atoms with Crippen LogP contribution in [0.3, 0.4) is 0 Å². The molecule has 6 heteroatoms. The maximum absolute atomic E-state index is 5.80. The third-order valence-electron chi connectivity index (χ3n) is 6.58.